The van der Waals surface area contributed by atoms with Gasteiger partial charge in [0.25, 0.3) is 0 Å². The first-order valence-electron chi connectivity index (χ1n) is 5.12. The molecule has 5 heteroatoms. The first kappa shape index (κ1) is 12.1. The zero-order valence-electron chi connectivity index (χ0n) is 8.64. The fourth-order valence-corrected chi connectivity index (χ4v) is 4.39. The molecule has 0 bridgehead atoms. The van der Waals surface area contributed by atoms with Gasteiger partial charge in [0.15, 0.2) is 9.84 Å². The van der Waals surface area contributed by atoms with Crippen molar-refractivity contribution in [1.82, 2.24) is 0 Å². The van der Waals surface area contributed by atoms with Gasteiger partial charge in [0.05, 0.1) is 17.6 Å². The van der Waals surface area contributed by atoms with Crippen LogP contribution in [0.2, 0.25) is 0 Å². The summed E-state index contributed by atoms with van der Waals surface area (Å²) in [5.41, 5.74) is 0.768. The Morgan fingerprint density at radius 3 is 2.62 bits per heavy atom. The fraction of sp³-hybridized carbons (Fsp3) is 0.455. The number of sulfone groups is 1. The van der Waals surface area contributed by atoms with Crippen LogP contribution in [0.15, 0.2) is 28.7 Å². The molecule has 1 heterocycles. The summed E-state index contributed by atoms with van der Waals surface area (Å²) >= 11 is 3.36. The summed E-state index contributed by atoms with van der Waals surface area (Å²) in [5, 5.41) is 10.1. The molecule has 1 aliphatic rings. The number of aliphatic hydroxyl groups excluding tert-OH is 1. The first-order chi connectivity index (χ1) is 7.49. The Labute approximate surface area is 104 Å². The molecule has 3 nitrogen and oxygen atoms in total. The standard InChI is InChI=1S/C11H13BrO3S/c12-10-4-2-1-3-9(10)11(13)8-5-6-16(14,15)7-8/h1-4,8,11,13H,5-7H2. The molecule has 2 unspecified atom stereocenters. The third-order valence-electron chi connectivity index (χ3n) is 2.94. The summed E-state index contributed by atoms with van der Waals surface area (Å²) in [5.74, 6) is 0.109. The number of hydrogen-bond acceptors (Lipinski definition) is 3. The third-order valence-corrected chi connectivity index (χ3v) is 5.45. The molecular weight excluding hydrogens is 292 g/mol. The predicted octanol–water partition coefficient (Wildman–Crippen LogP) is 1.92. The van der Waals surface area contributed by atoms with Crippen LogP contribution in [-0.4, -0.2) is 25.0 Å². The van der Waals surface area contributed by atoms with Crippen molar-refractivity contribution in [3.05, 3.63) is 34.3 Å². The van der Waals surface area contributed by atoms with Gasteiger partial charge in [-0.1, -0.05) is 34.1 Å². The van der Waals surface area contributed by atoms with Gasteiger partial charge in [0.1, 0.15) is 0 Å². The van der Waals surface area contributed by atoms with Crippen LogP contribution < -0.4 is 0 Å². The van der Waals surface area contributed by atoms with Crippen LogP contribution in [0.3, 0.4) is 0 Å². The van der Waals surface area contributed by atoms with Crippen LogP contribution in [0.25, 0.3) is 0 Å². The minimum Gasteiger partial charge on any atom is -0.388 e. The second-order valence-electron chi connectivity index (χ2n) is 4.13. The molecule has 1 aliphatic heterocycles. The first-order valence-corrected chi connectivity index (χ1v) is 7.74. The van der Waals surface area contributed by atoms with Crippen molar-refractivity contribution in [2.75, 3.05) is 11.5 Å². The van der Waals surface area contributed by atoms with Crippen molar-refractivity contribution < 1.29 is 13.5 Å². The Morgan fingerprint density at radius 2 is 2.06 bits per heavy atom. The molecular formula is C11H13BrO3S. The van der Waals surface area contributed by atoms with E-state index < -0.39 is 15.9 Å². The van der Waals surface area contributed by atoms with Gasteiger partial charge in [-0.2, -0.15) is 0 Å². The van der Waals surface area contributed by atoms with Crippen LogP contribution in [0, 0.1) is 5.92 Å². The molecule has 16 heavy (non-hydrogen) atoms. The van der Waals surface area contributed by atoms with E-state index in [1.165, 1.54) is 0 Å². The lowest BCUT2D eigenvalue weighted by molar-refractivity contribution is 0.120. The van der Waals surface area contributed by atoms with E-state index in [4.69, 9.17) is 0 Å². The maximum Gasteiger partial charge on any atom is 0.150 e. The van der Waals surface area contributed by atoms with Gasteiger partial charge >= 0.3 is 0 Å². The normalized spacial score (nSPS) is 25.5. The molecule has 0 amide bonds. The van der Waals surface area contributed by atoms with E-state index in [1.54, 1.807) is 0 Å². The summed E-state index contributed by atoms with van der Waals surface area (Å²) in [4.78, 5) is 0. The van der Waals surface area contributed by atoms with Gasteiger partial charge in [0, 0.05) is 10.4 Å². The number of hydrogen-bond donors (Lipinski definition) is 1. The molecule has 2 rings (SSSR count). The fourth-order valence-electron chi connectivity index (χ4n) is 2.04. The lowest BCUT2D eigenvalue weighted by Crippen LogP contribution is -2.14. The van der Waals surface area contributed by atoms with Gasteiger partial charge in [-0.3, -0.25) is 0 Å². The molecule has 0 aliphatic carbocycles. The van der Waals surface area contributed by atoms with Gasteiger partial charge in [-0.15, -0.1) is 0 Å². The number of rotatable bonds is 2. The molecule has 0 aromatic heterocycles. The van der Waals surface area contributed by atoms with Crippen LogP contribution in [0.5, 0.6) is 0 Å². The Morgan fingerprint density at radius 1 is 1.38 bits per heavy atom. The summed E-state index contributed by atoms with van der Waals surface area (Å²) in [6.45, 7) is 0. The topological polar surface area (TPSA) is 54.4 Å². The van der Waals surface area contributed by atoms with E-state index in [0.29, 0.717) is 6.42 Å². The molecule has 1 saturated heterocycles. The van der Waals surface area contributed by atoms with Crippen molar-refractivity contribution >= 4 is 25.8 Å². The zero-order chi connectivity index (χ0) is 11.8. The van der Waals surface area contributed by atoms with E-state index >= 15 is 0 Å². The Kier molecular flexibility index (Phi) is 3.37. The molecule has 88 valence electrons. The summed E-state index contributed by atoms with van der Waals surface area (Å²) in [6, 6.07) is 7.38. The molecule has 0 spiro atoms. The lowest BCUT2D eigenvalue weighted by atomic mass is 9.95. The molecule has 1 N–H and O–H groups in total. The molecule has 0 radical (unpaired) electrons. The van der Waals surface area contributed by atoms with E-state index in [9.17, 15) is 13.5 Å². The van der Waals surface area contributed by atoms with Crippen LogP contribution >= 0.6 is 15.9 Å². The monoisotopic (exact) mass is 304 g/mol. The minimum absolute atomic E-state index is 0.0928. The Hall–Kier alpha value is -0.390. The summed E-state index contributed by atoms with van der Waals surface area (Å²) in [6.07, 6.45) is -0.155. The molecule has 1 aromatic rings. The van der Waals surface area contributed by atoms with Gasteiger partial charge in [0.2, 0.25) is 0 Å². The largest absolute Gasteiger partial charge is 0.388 e. The molecule has 1 fully saturated rings. The van der Waals surface area contributed by atoms with E-state index in [-0.39, 0.29) is 17.4 Å². The highest BCUT2D eigenvalue weighted by molar-refractivity contribution is 9.10. The quantitative estimate of drug-likeness (QED) is 0.908. The van der Waals surface area contributed by atoms with Crippen LogP contribution in [0.1, 0.15) is 18.1 Å². The SMILES string of the molecule is O=S1(=O)CCC(C(O)c2ccccc2Br)C1. The van der Waals surface area contributed by atoms with Crippen LogP contribution in [0.4, 0.5) is 0 Å². The van der Waals surface area contributed by atoms with Gasteiger partial charge < -0.3 is 5.11 Å². The number of aliphatic hydroxyl groups is 1. The van der Waals surface area contributed by atoms with Crippen LogP contribution in [-0.2, 0) is 9.84 Å². The maximum absolute atomic E-state index is 11.3. The second-order valence-corrected chi connectivity index (χ2v) is 7.21. The zero-order valence-corrected chi connectivity index (χ0v) is 11.0. The van der Waals surface area contributed by atoms with Crippen molar-refractivity contribution in [1.29, 1.82) is 0 Å². The van der Waals surface area contributed by atoms with Crippen molar-refractivity contribution in [2.24, 2.45) is 5.92 Å². The second kappa shape index (κ2) is 4.47. The van der Waals surface area contributed by atoms with Crippen molar-refractivity contribution in [3.8, 4) is 0 Å². The summed E-state index contributed by atoms with van der Waals surface area (Å²) in [7, 11) is -2.94. The average molecular weight is 305 g/mol. The van der Waals surface area contributed by atoms with E-state index in [2.05, 4.69) is 15.9 Å². The number of benzene rings is 1. The van der Waals surface area contributed by atoms with E-state index in [1.807, 2.05) is 24.3 Å². The minimum atomic E-state index is -2.94. The molecule has 2 atom stereocenters. The highest BCUT2D eigenvalue weighted by Gasteiger charge is 2.34. The highest BCUT2D eigenvalue weighted by Crippen LogP contribution is 2.34. The number of halogens is 1. The highest BCUT2D eigenvalue weighted by atomic mass is 79.9. The van der Waals surface area contributed by atoms with E-state index in [0.717, 1.165) is 10.0 Å². The van der Waals surface area contributed by atoms with Crippen molar-refractivity contribution in [3.63, 3.8) is 0 Å². The Bertz CT molecular complexity index is 484. The Balaban J connectivity index is 2.21. The van der Waals surface area contributed by atoms with Gasteiger partial charge in [-0.25, -0.2) is 8.42 Å². The lowest BCUT2D eigenvalue weighted by Gasteiger charge is -2.18. The van der Waals surface area contributed by atoms with Gasteiger partial charge in [-0.05, 0) is 18.1 Å². The molecule has 1 aromatic carbocycles. The van der Waals surface area contributed by atoms with Crippen molar-refractivity contribution in [2.45, 2.75) is 12.5 Å². The predicted molar refractivity (Wildman–Crippen MR) is 65.9 cm³/mol. The maximum atomic E-state index is 11.3. The third kappa shape index (κ3) is 2.47. The summed E-state index contributed by atoms with van der Waals surface area (Å²) < 4.78 is 23.5. The molecule has 0 saturated carbocycles. The smallest absolute Gasteiger partial charge is 0.150 e. The average Bonchev–Trinajstić information content (AvgIpc) is 2.59.